The topological polar surface area (TPSA) is 49.3 Å². The number of hydrogen-bond donors (Lipinski definition) is 2. The SMILES string of the molecule is Cc1cccc(C(=O)NCC(O)(c2ccsc2)c2cccs2)c1. The van der Waals surface area contributed by atoms with Crippen molar-refractivity contribution in [3.05, 3.63) is 80.2 Å². The second-order valence-corrected chi connectivity index (χ2v) is 7.13. The largest absolute Gasteiger partial charge is 0.378 e. The van der Waals surface area contributed by atoms with E-state index in [1.165, 1.54) is 22.7 Å². The molecule has 2 heterocycles. The van der Waals surface area contributed by atoms with Gasteiger partial charge in [0.2, 0.25) is 0 Å². The Kier molecular flexibility index (Phi) is 4.61. The average Bonchev–Trinajstić information content (AvgIpc) is 3.25. The van der Waals surface area contributed by atoms with Gasteiger partial charge in [-0.3, -0.25) is 4.79 Å². The molecule has 3 nitrogen and oxygen atoms in total. The maximum absolute atomic E-state index is 12.4. The fourth-order valence-corrected chi connectivity index (χ4v) is 4.01. The molecule has 2 N–H and O–H groups in total. The molecule has 3 rings (SSSR count). The highest BCUT2D eigenvalue weighted by atomic mass is 32.1. The molecule has 0 bridgehead atoms. The highest BCUT2D eigenvalue weighted by Crippen LogP contribution is 2.33. The van der Waals surface area contributed by atoms with Crippen LogP contribution in [0, 0.1) is 6.92 Å². The van der Waals surface area contributed by atoms with Crippen LogP contribution >= 0.6 is 22.7 Å². The van der Waals surface area contributed by atoms with E-state index < -0.39 is 5.60 Å². The highest BCUT2D eigenvalue weighted by Gasteiger charge is 2.33. The van der Waals surface area contributed by atoms with Crippen molar-refractivity contribution >= 4 is 28.6 Å². The third-order valence-electron chi connectivity index (χ3n) is 3.71. The second kappa shape index (κ2) is 6.66. The molecule has 0 aliphatic rings. The molecule has 0 spiro atoms. The lowest BCUT2D eigenvalue weighted by Crippen LogP contribution is -2.41. The summed E-state index contributed by atoms with van der Waals surface area (Å²) in [5.41, 5.74) is 1.23. The van der Waals surface area contributed by atoms with E-state index in [2.05, 4.69) is 5.32 Å². The van der Waals surface area contributed by atoms with E-state index in [1.54, 1.807) is 6.07 Å². The average molecular weight is 343 g/mol. The summed E-state index contributed by atoms with van der Waals surface area (Å²) in [6.45, 7) is 2.08. The standard InChI is InChI=1S/C18H17NO2S2/c1-13-4-2-5-14(10-13)17(20)19-12-18(21,15-7-9-22-11-15)16-6-3-8-23-16/h2-11,21H,12H2,1H3,(H,19,20). The molecule has 0 aliphatic carbocycles. The van der Waals surface area contributed by atoms with Gasteiger partial charge in [-0.25, -0.2) is 0 Å². The Hall–Kier alpha value is -1.95. The summed E-state index contributed by atoms with van der Waals surface area (Å²) in [6.07, 6.45) is 0. The zero-order valence-corrected chi connectivity index (χ0v) is 14.3. The van der Waals surface area contributed by atoms with Crippen molar-refractivity contribution in [2.75, 3.05) is 6.54 Å². The van der Waals surface area contributed by atoms with Crippen molar-refractivity contribution in [3.63, 3.8) is 0 Å². The van der Waals surface area contributed by atoms with Gasteiger partial charge in [-0.2, -0.15) is 11.3 Å². The van der Waals surface area contributed by atoms with Crippen LogP contribution in [0.4, 0.5) is 0 Å². The van der Waals surface area contributed by atoms with Gasteiger partial charge in [0, 0.05) is 16.0 Å². The van der Waals surface area contributed by atoms with Gasteiger partial charge in [-0.1, -0.05) is 23.8 Å². The van der Waals surface area contributed by atoms with Crippen molar-refractivity contribution in [2.24, 2.45) is 0 Å². The predicted octanol–water partition coefficient (Wildman–Crippen LogP) is 3.78. The molecule has 0 saturated heterocycles. The Morgan fingerprint density at radius 1 is 1.22 bits per heavy atom. The molecule has 1 atom stereocenters. The first-order chi connectivity index (χ1) is 11.1. The van der Waals surface area contributed by atoms with Crippen LogP contribution in [0.5, 0.6) is 0 Å². The van der Waals surface area contributed by atoms with Crippen LogP contribution in [0.15, 0.2) is 58.6 Å². The molecular formula is C18H17NO2S2. The third-order valence-corrected chi connectivity index (χ3v) is 5.42. The van der Waals surface area contributed by atoms with E-state index in [0.29, 0.717) is 5.56 Å². The number of amides is 1. The van der Waals surface area contributed by atoms with Gasteiger partial charge < -0.3 is 10.4 Å². The third kappa shape index (κ3) is 3.37. The summed E-state index contributed by atoms with van der Waals surface area (Å²) < 4.78 is 0. The van der Waals surface area contributed by atoms with E-state index in [-0.39, 0.29) is 12.5 Å². The Morgan fingerprint density at radius 3 is 2.74 bits per heavy atom. The minimum absolute atomic E-state index is 0.136. The summed E-state index contributed by atoms with van der Waals surface area (Å²) >= 11 is 3.01. The monoisotopic (exact) mass is 343 g/mol. The second-order valence-electron chi connectivity index (χ2n) is 5.40. The van der Waals surface area contributed by atoms with Gasteiger partial charge in [0.05, 0.1) is 6.54 Å². The highest BCUT2D eigenvalue weighted by molar-refractivity contribution is 7.10. The van der Waals surface area contributed by atoms with Gasteiger partial charge >= 0.3 is 0 Å². The van der Waals surface area contributed by atoms with Crippen LogP contribution in [0.1, 0.15) is 26.4 Å². The Bertz CT molecular complexity index is 745. The Balaban J connectivity index is 1.82. The zero-order valence-electron chi connectivity index (χ0n) is 12.7. The van der Waals surface area contributed by atoms with Crippen LogP contribution in [0.25, 0.3) is 0 Å². The van der Waals surface area contributed by atoms with Crippen molar-refractivity contribution in [2.45, 2.75) is 12.5 Å². The molecule has 1 unspecified atom stereocenters. The fourth-order valence-electron chi connectivity index (χ4n) is 2.44. The molecule has 0 radical (unpaired) electrons. The summed E-state index contributed by atoms with van der Waals surface area (Å²) in [4.78, 5) is 13.2. The van der Waals surface area contributed by atoms with Crippen molar-refractivity contribution < 1.29 is 9.90 Å². The Labute approximate surface area is 143 Å². The van der Waals surface area contributed by atoms with Crippen molar-refractivity contribution in [3.8, 4) is 0 Å². The quantitative estimate of drug-likeness (QED) is 0.740. The van der Waals surface area contributed by atoms with Gasteiger partial charge in [0.1, 0.15) is 5.60 Å². The predicted molar refractivity (Wildman–Crippen MR) is 95.1 cm³/mol. The van der Waals surface area contributed by atoms with Gasteiger partial charge in [-0.15, -0.1) is 11.3 Å². The molecule has 1 aromatic carbocycles. The number of benzene rings is 1. The minimum atomic E-state index is -1.20. The van der Waals surface area contributed by atoms with Crippen LogP contribution in [0.2, 0.25) is 0 Å². The van der Waals surface area contributed by atoms with Crippen LogP contribution < -0.4 is 5.32 Å². The summed E-state index contributed by atoms with van der Waals surface area (Å²) in [7, 11) is 0. The van der Waals surface area contributed by atoms with E-state index in [9.17, 15) is 9.90 Å². The molecule has 2 aromatic heterocycles. The fraction of sp³-hybridized carbons (Fsp3) is 0.167. The van der Waals surface area contributed by atoms with E-state index in [4.69, 9.17) is 0 Å². The smallest absolute Gasteiger partial charge is 0.251 e. The normalized spacial score (nSPS) is 13.5. The number of thiophene rings is 2. The van der Waals surface area contributed by atoms with Gasteiger partial charge in [0.25, 0.3) is 5.91 Å². The van der Waals surface area contributed by atoms with E-state index in [1.807, 2.05) is 59.5 Å². The lowest BCUT2D eigenvalue weighted by molar-refractivity contribution is 0.0721. The first-order valence-corrected chi connectivity index (χ1v) is 9.06. The van der Waals surface area contributed by atoms with Crippen molar-refractivity contribution in [1.82, 2.24) is 5.32 Å². The first kappa shape index (κ1) is 15.9. The summed E-state index contributed by atoms with van der Waals surface area (Å²) in [5, 5.41) is 19.8. The Morgan fingerprint density at radius 2 is 2.09 bits per heavy atom. The maximum Gasteiger partial charge on any atom is 0.251 e. The number of rotatable bonds is 5. The first-order valence-electron chi connectivity index (χ1n) is 7.23. The van der Waals surface area contributed by atoms with Gasteiger partial charge in [-0.05, 0) is 47.3 Å². The van der Waals surface area contributed by atoms with Crippen molar-refractivity contribution in [1.29, 1.82) is 0 Å². The molecule has 0 fully saturated rings. The lowest BCUT2D eigenvalue weighted by atomic mass is 9.94. The van der Waals surface area contributed by atoms with Crippen LogP contribution in [0.3, 0.4) is 0 Å². The van der Waals surface area contributed by atoms with Crippen LogP contribution in [-0.2, 0) is 5.60 Å². The molecule has 0 saturated carbocycles. The molecule has 5 heteroatoms. The summed E-state index contributed by atoms with van der Waals surface area (Å²) in [5.74, 6) is -0.182. The molecule has 23 heavy (non-hydrogen) atoms. The number of aryl methyl sites for hydroxylation is 1. The van der Waals surface area contributed by atoms with E-state index in [0.717, 1.165) is 16.0 Å². The van der Waals surface area contributed by atoms with Gasteiger partial charge in [0.15, 0.2) is 0 Å². The number of aliphatic hydroxyl groups is 1. The number of carbonyl (C=O) groups excluding carboxylic acids is 1. The number of nitrogens with one attached hydrogen (secondary N) is 1. The van der Waals surface area contributed by atoms with E-state index >= 15 is 0 Å². The molecule has 3 aromatic rings. The zero-order chi connectivity index (χ0) is 16.3. The minimum Gasteiger partial charge on any atom is -0.378 e. The molecule has 1 amide bonds. The molecule has 118 valence electrons. The number of hydrogen-bond acceptors (Lipinski definition) is 4. The maximum atomic E-state index is 12.4. The number of carbonyl (C=O) groups is 1. The lowest BCUT2D eigenvalue weighted by Gasteiger charge is -2.27. The molecular weight excluding hydrogens is 326 g/mol. The van der Waals surface area contributed by atoms with Crippen LogP contribution in [-0.4, -0.2) is 17.6 Å². The molecule has 0 aliphatic heterocycles. The summed E-state index contributed by atoms with van der Waals surface area (Å²) in [6, 6.07) is 13.1.